The van der Waals surface area contributed by atoms with Crippen molar-refractivity contribution in [2.75, 3.05) is 11.9 Å². The summed E-state index contributed by atoms with van der Waals surface area (Å²) in [6, 6.07) is 18.9. The molecule has 2 aromatic carbocycles. The van der Waals surface area contributed by atoms with E-state index in [1.54, 1.807) is 30.0 Å². The molecule has 5 nitrogen and oxygen atoms in total. The fraction of sp³-hybridized carbons (Fsp3) is 0.190. The Labute approximate surface area is 164 Å². The third-order valence-electron chi connectivity index (χ3n) is 4.04. The molecule has 1 heterocycles. The van der Waals surface area contributed by atoms with Gasteiger partial charge < -0.3 is 10.2 Å². The van der Waals surface area contributed by atoms with Crippen LogP contribution in [0.25, 0.3) is 0 Å². The number of benzene rings is 2. The molecule has 0 aliphatic heterocycles. The van der Waals surface area contributed by atoms with Crippen LogP contribution < -0.4 is 5.32 Å². The van der Waals surface area contributed by atoms with Gasteiger partial charge in [0.25, 0.3) is 5.91 Å². The minimum atomic E-state index is -0.124. The van der Waals surface area contributed by atoms with Crippen LogP contribution in [-0.4, -0.2) is 27.3 Å². The standard InChI is InChI=1S/C21H21ClN4O/c1-3-26(14-16-8-5-4-6-9-16)21(27)19-13-20(24-15(2)23-19)25-18-11-7-10-17(22)12-18/h4-13H,3,14H2,1-2H3,(H,23,24,25). The van der Waals surface area contributed by atoms with Gasteiger partial charge in [0.05, 0.1) is 0 Å². The second-order valence-electron chi connectivity index (χ2n) is 6.13. The first-order valence-electron chi connectivity index (χ1n) is 8.76. The van der Waals surface area contributed by atoms with Crippen molar-refractivity contribution in [3.8, 4) is 0 Å². The fourth-order valence-electron chi connectivity index (χ4n) is 2.75. The van der Waals surface area contributed by atoms with Crippen LogP contribution in [0.15, 0.2) is 60.7 Å². The number of carbonyl (C=O) groups excluding carboxylic acids is 1. The van der Waals surface area contributed by atoms with Gasteiger partial charge in [0, 0.05) is 29.9 Å². The molecule has 0 atom stereocenters. The first-order valence-corrected chi connectivity index (χ1v) is 9.14. The maximum atomic E-state index is 13.0. The monoisotopic (exact) mass is 380 g/mol. The van der Waals surface area contributed by atoms with Gasteiger partial charge in [0.2, 0.25) is 0 Å². The second-order valence-corrected chi connectivity index (χ2v) is 6.56. The van der Waals surface area contributed by atoms with E-state index in [9.17, 15) is 4.79 Å². The molecular weight excluding hydrogens is 360 g/mol. The summed E-state index contributed by atoms with van der Waals surface area (Å²) in [7, 11) is 0. The Hall–Kier alpha value is -2.92. The highest BCUT2D eigenvalue weighted by atomic mass is 35.5. The van der Waals surface area contributed by atoms with E-state index < -0.39 is 0 Å². The fourth-order valence-corrected chi connectivity index (χ4v) is 2.94. The van der Waals surface area contributed by atoms with E-state index in [0.29, 0.717) is 35.4 Å². The Bertz CT molecular complexity index is 930. The van der Waals surface area contributed by atoms with Gasteiger partial charge in [-0.2, -0.15) is 0 Å². The Morgan fingerprint density at radius 2 is 1.85 bits per heavy atom. The van der Waals surface area contributed by atoms with Crippen LogP contribution in [-0.2, 0) is 6.54 Å². The van der Waals surface area contributed by atoms with Crippen molar-refractivity contribution < 1.29 is 4.79 Å². The zero-order chi connectivity index (χ0) is 19.2. The van der Waals surface area contributed by atoms with Gasteiger partial charge in [0.15, 0.2) is 0 Å². The molecule has 0 aliphatic rings. The molecule has 0 fully saturated rings. The number of nitrogens with zero attached hydrogens (tertiary/aromatic N) is 3. The van der Waals surface area contributed by atoms with Crippen molar-refractivity contribution in [2.45, 2.75) is 20.4 Å². The van der Waals surface area contributed by atoms with Gasteiger partial charge in [-0.3, -0.25) is 4.79 Å². The summed E-state index contributed by atoms with van der Waals surface area (Å²) in [5.41, 5.74) is 2.25. The Morgan fingerprint density at radius 1 is 1.07 bits per heavy atom. The Kier molecular flexibility index (Phi) is 6.04. The number of nitrogens with one attached hydrogen (secondary N) is 1. The lowest BCUT2D eigenvalue weighted by Crippen LogP contribution is -2.31. The van der Waals surface area contributed by atoms with Gasteiger partial charge in [-0.25, -0.2) is 9.97 Å². The average Bonchev–Trinajstić information content (AvgIpc) is 2.66. The van der Waals surface area contributed by atoms with Crippen LogP contribution >= 0.6 is 11.6 Å². The highest BCUT2D eigenvalue weighted by Gasteiger charge is 2.17. The predicted octanol–water partition coefficient (Wildman–Crippen LogP) is 4.84. The lowest BCUT2D eigenvalue weighted by Gasteiger charge is -2.21. The summed E-state index contributed by atoms with van der Waals surface area (Å²) in [6.07, 6.45) is 0. The number of amides is 1. The Morgan fingerprint density at radius 3 is 2.56 bits per heavy atom. The number of anilines is 2. The van der Waals surface area contributed by atoms with Gasteiger partial charge in [-0.05, 0) is 37.6 Å². The van der Waals surface area contributed by atoms with Gasteiger partial charge >= 0.3 is 0 Å². The molecule has 6 heteroatoms. The van der Waals surface area contributed by atoms with Crippen LogP contribution in [0.3, 0.4) is 0 Å². The summed E-state index contributed by atoms with van der Waals surface area (Å²) in [5.74, 6) is 0.964. The summed E-state index contributed by atoms with van der Waals surface area (Å²) in [6.45, 7) is 4.86. The molecule has 0 bridgehead atoms. The molecule has 0 saturated carbocycles. The molecule has 0 spiro atoms. The molecule has 3 aromatic rings. The lowest BCUT2D eigenvalue weighted by atomic mass is 10.2. The number of halogens is 1. The molecule has 0 radical (unpaired) electrons. The second kappa shape index (κ2) is 8.64. The zero-order valence-corrected chi connectivity index (χ0v) is 16.1. The predicted molar refractivity (Wildman–Crippen MR) is 108 cm³/mol. The highest BCUT2D eigenvalue weighted by molar-refractivity contribution is 6.30. The van der Waals surface area contributed by atoms with Crippen molar-refractivity contribution in [3.05, 3.63) is 82.8 Å². The maximum Gasteiger partial charge on any atom is 0.272 e. The number of aryl methyl sites for hydroxylation is 1. The molecule has 27 heavy (non-hydrogen) atoms. The molecule has 0 unspecified atom stereocenters. The van der Waals surface area contributed by atoms with Crippen molar-refractivity contribution >= 4 is 29.0 Å². The average molecular weight is 381 g/mol. The van der Waals surface area contributed by atoms with Crippen LogP contribution in [0.2, 0.25) is 5.02 Å². The zero-order valence-electron chi connectivity index (χ0n) is 15.3. The first kappa shape index (κ1) is 18.9. The SMILES string of the molecule is CCN(Cc1ccccc1)C(=O)c1cc(Nc2cccc(Cl)c2)nc(C)n1. The topological polar surface area (TPSA) is 58.1 Å². The molecular formula is C21H21ClN4O. The molecule has 1 amide bonds. The van der Waals surface area contributed by atoms with E-state index >= 15 is 0 Å². The van der Waals surface area contributed by atoms with Crippen LogP contribution in [0.1, 0.15) is 28.8 Å². The van der Waals surface area contributed by atoms with Crippen LogP contribution in [0.5, 0.6) is 0 Å². The number of aromatic nitrogens is 2. The van der Waals surface area contributed by atoms with Crippen molar-refractivity contribution in [3.63, 3.8) is 0 Å². The minimum Gasteiger partial charge on any atom is -0.340 e. The van der Waals surface area contributed by atoms with Crippen LogP contribution in [0.4, 0.5) is 11.5 Å². The molecule has 1 aromatic heterocycles. The lowest BCUT2D eigenvalue weighted by molar-refractivity contribution is 0.0746. The summed E-state index contributed by atoms with van der Waals surface area (Å²) in [5, 5.41) is 3.81. The molecule has 0 aliphatic carbocycles. The Balaban J connectivity index is 1.82. The van der Waals surface area contributed by atoms with Gasteiger partial charge in [-0.15, -0.1) is 0 Å². The van der Waals surface area contributed by atoms with Crippen molar-refractivity contribution in [2.24, 2.45) is 0 Å². The maximum absolute atomic E-state index is 13.0. The van der Waals surface area contributed by atoms with Crippen molar-refractivity contribution in [1.82, 2.24) is 14.9 Å². The van der Waals surface area contributed by atoms with E-state index in [-0.39, 0.29) is 5.91 Å². The third kappa shape index (κ3) is 5.05. The smallest absolute Gasteiger partial charge is 0.272 e. The molecule has 3 rings (SSSR count). The number of hydrogen-bond donors (Lipinski definition) is 1. The molecule has 0 saturated heterocycles. The minimum absolute atomic E-state index is 0.124. The summed E-state index contributed by atoms with van der Waals surface area (Å²) < 4.78 is 0. The van der Waals surface area contributed by atoms with Gasteiger partial charge in [-0.1, -0.05) is 48.0 Å². The van der Waals surface area contributed by atoms with E-state index in [1.165, 1.54) is 0 Å². The largest absolute Gasteiger partial charge is 0.340 e. The first-order chi connectivity index (χ1) is 13.0. The summed E-state index contributed by atoms with van der Waals surface area (Å²) >= 11 is 6.03. The molecule has 1 N–H and O–H groups in total. The number of hydrogen-bond acceptors (Lipinski definition) is 4. The van der Waals surface area contributed by atoms with E-state index in [1.807, 2.05) is 49.4 Å². The number of carbonyl (C=O) groups is 1. The molecule has 138 valence electrons. The van der Waals surface area contributed by atoms with Gasteiger partial charge in [0.1, 0.15) is 17.3 Å². The quantitative estimate of drug-likeness (QED) is 0.664. The highest BCUT2D eigenvalue weighted by Crippen LogP contribution is 2.20. The van der Waals surface area contributed by atoms with E-state index in [0.717, 1.165) is 11.3 Å². The van der Waals surface area contributed by atoms with Crippen molar-refractivity contribution in [1.29, 1.82) is 0 Å². The normalized spacial score (nSPS) is 10.5. The number of rotatable bonds is 6. The van der Waals surface area contributed by atoms with E-state index in [2.05, 4.69) is 15.3 Å². The van der Waals surface area contributed by atoms with Crippen LogP contribution in [0, 0.1) is 6.92 Å². The third-order valence-corrected chi connectivity index (χ3v) is 4.27. The van der Waals surface area contributed by atoms with E-state index in [4.69, 9.17) is 11.6 Å². The summed E-state index contributed by atoms with van der Waals surface area (Å²) in [4.78, 5) is 23.5.